The second kappa shape index (κ2) is 8.67. The van der Waals surface area contributed by atoms with Crippen molar-refractivity contribution in [2.45, 2.75) is 11.4 Å². The fourth-order valence-corrected chi connectivity index (χ4v) is 4.18. The minimum Gasteiger partial charge on any atom is -0.494 e. The van der Waals surface area contributed by atoms with Gasteiger partial charge < -0.3 is 15.0 Å². The van der Waals surface area contributed by atoms with Crippen LogP contribution < -0.4 is 14.8 Å². The van der Waals surface area contributed by atoms with E-state index in [-0.39, 0.29) is 28.8 Å². The molecule has 4 rings (SSSR count). The van der Waals surface area contributed by atoms with E-state index in [1.54, 1.807) is 36.7 Å². The number of nitrogens with one attached hydrogen (secondary N) is 3. The normalized spacial score (nSPS) is 11.3. The number of anilines is 1. The van der Waals surface area contributed by atoms with Gasteiger partial charge in [0.05, 0.1) is 17.7 Å². The van der Waals surface area contributed by atoms with Crippen LogP contribution in [0.15, 0.2) is 71.9 Å². The van der Waals surface area contributed by atoms with Gasteiger partial charge in [-0.15, -0.1) is 0 Å². The summed E-state index contributed by atoms with van der Waals surface area (Å²) in [6, 6.07) is 13.1. The van der Waals surface area contributed by atoms with Gasteiger partial charge in [0, 0.05) is 35.9 Å². The minimum absolute atomic E-state index is 0.0158. The Hall–Kier alpha value is -3.92. The largest absolute Gasteiger partial charge is 0.494 e. The number of nitrogens with zero attached hydrogens (tertiary/aromatic N) is 1. The lowest BCUT2D eigenvalue weighted by atomic mass is 10.2. The van der Waals surface area contributed by atoms with Gasteiger partial charge in [-0.05, 0) is 42.0 Å². The van der Waals surface area contributed by atoms with Crippen LogP contribution in [0.4, 0.5) is 10.1 Å². The van der Waals surface area contributed by atoms with Gasteiger partial charge in [-0.2, -0.15) is 0 Å². The van der Waals surface area contributed by atoms with Crippen LogP contribution in [0.5, 0.6) is 5.75 Å². The Morgan fingerprint density at radius 1 is 1.12 bits per heavy atom. The Balaban J connectivity index is 1.42. The van der Waals surface area contributed by atoms with E-state index in [2.05, 4.69) is 20.0 Å². The number of hydrogen-bond donors (Lipinski definition) is 3. The maximum absolute atomic E-state index is 13.3. The molecule has 0 radical (unpaired) electrons. The number of aromatic amines is 1. The third-order valence-electron chi connectivity index (χ3n) is 4.76. The van der Waals surface area contributed by atoms with E-state index in [0.29, 0.717) is 5.69 Å². The summed E-state index contributed by atoms with van der Waals surface area (Å²) < 4.78 is 46.1. The summed E-state index contributed by atoms with van der Waals surface area (Å²) in [5, 5.41) is 3.62. The number of aromatic nitrogens is 2. The predicted molar refractivity (Wildman–Crippen MR) is 117 cm³/mol. The summed E-state index contributed by atoms with van der Waals surface area (Å²) in [5.74, 6) is -0.760. The molecule has 4 aromatic rings. The molecule has 0 aliphatic carbocycles. The molecule has 2 aromatic carbocycles. The van der Waals surface area contributed by atoms with Crippen LogP contribution >= 0.6 is 0 Å². The number of halogens is 1. The van der Waals surface area contributed by atoms with Crippen molar-refractivity contribution in [2.75, 3.05) is 11.8 Å². The van der Waals surface area contributed by atoms with Crippen molar-refractivity contribution in [3.05, 3.63) is 84.1 Å². The van der Waals surface area contributed by atoms with Gasteiger partial charge in [-0.25, -0.2) is 12.8 Å². The van der Waals surface area contributed by atoms with Crippen LogP contribution in [0.25, 0.3) is 10.9 Å². The van der Waals surface area contributed by atoms with Gasteiger partial charge in [0.15, 0.2) is 0 Å². The fourth-order valence-electron chi connectivity index (χ4n) is 3.11. The quantitative estimate of drug-likeness (QED) is 0.396. The Labute approximate surface area is 183 Å². The molecule has 8 nitrogen and oxygen atoms in total. The summed E-state index contributed by atoms with van der Waals surface area (Å²) in [4.78, 5) is 19.5. The van der Waals surface area contributed by atoms with Crippen LogP contribution in [0.3, 0.4) is 0 Å². The van der Waals surface area contributed by atoms with E-state index < -0.39 is 15.8 Å². The first-order valence-electron chi connectivity index (χ1n) is 9.52. The van der Waals surface area contributed by atoms with Gasteiger partial charge in [0.1, 0.15) is 17.3 Å². The number of ether oxygens (including phenoxy) is 1. The zero-order valence-electron chi connectivity index (χ0n) is 16.9. The zero-order valence-corrected chi connectivity index (χ0v) is 17.7. The molecule has 2 heterocycles. The van der Waals surface area contributed by atoms with E-state index in [9.17, 15) is 17.6 Å². The van der Waals surface area contributed by atoms with Gasteiger partial charge in [-0.3, -0.25) is 14.5 Å². The number of fused-ring (bicyclic) bond motifs is 1. The number of H-pyrrole nitrogens is 1. The summed E-state index contributed by atoms with van der Waals surface area (Å²) >= 11 is 0. The number of methoxy groups -OCH3 is 1. The lowest BCUT2D eigenvalue weighted by Gasteiger charge is -2.12. The molecule has 0 unspecified atom stereocenters. The third kappa shape index (κ3) is 4.54. The molecule has 0 fully saturated rings. The summed E-state index contributed by atoms with van der Waals surface area (Å²) in [5.41, 5.74) is 2.06. The lowest BCUT2D eigenvalue weighted by Crippen LogP contribution is -2.23. The third-order valence-corrected chi connectivity index (χ3v) is 6.14. The average Bonchev–Trinajstić information content (AvgIpc) is 3.23. The molecule has 1 amide bonds. The van der Waals surface area contributed by atoms with Gasteiger partial charge in [0.25, 0.3) is 15.9 Å². The molecule has 10 heteroatoms. The molecular weight excluding hydrogens is 435 g/mol. The Kier molecular flexibility index (Phi) is 5.78. The van der Waals surface area contributed by atoms with Crippen LogP contribution in [0.1, 0.15) is 16.1 Å². The van der Waals surface area contributed by atoms with Crippen molar-refractivity contribution in [3.8, 4) is 5.75 Å². The van der Waals surface area contributed by atoms with Crippen LogP contribution in [0.2, 0.25) is 0 Å². The van der Waals surface area contributed by atoms with Crippen LogP contribution in [-0.2, 0) is 16.6 Å². The molecule has 0 spiro atoms. The van der Waals surface area contributed by atoms with E-state index in [4.69, 9.17) is 4.74 Å². The van der Waals surface area contributed by atoms with Crippen molar-refractivity contribution >= 4 is 32.5 Å². The molecule has 0 aliphatic rings. The SMILES string of the molecule is COc1cc(F)ccc1NS(=O)(=O)c1ccc(CNC(=O)c2cc3cnccc3[nH]2)cc1. The lowest BCUT2D eigenvalue weighted by molar-refractivity contribution is 0.0946. The number of sulfonamides is 1. The first-order chi connectivity index (χ1) is 15.4. The molecule has 0 aliphatic heterocycles. The maximum Gasteiger partial charge on any atom is 0.267 e. The predicted octanol–water partition coefficient (Wildman–Crippen LogP) is 3.44. The molecule has 0 bridgehead atoms. The van der Waals surface area contributed by atoms with Crippen LogP contribution in [-0.4, -0.2) is 31.4 Å². The first-order valence-corrected chi connectivity index (χ1v) is 11.0. The fraction of sp³-hybridized carbons (Fsp3) is 0.0909. The Morgan fingerprint density at radius 3 is 2.62 bits per heavy atom. The molecule has 3 N–H and O–H groups in total. The molecule has 0 saturated heterocycles. The highest BCUT2D eigenvalue weighted by molar-refractivity contribution is 7.92. The number of carbonyl (C=O) groups is 1. The van der Waals surface area contributed by atoms with E-state index in [1.165, 1.54) is 25.3 Å². The second-order valence-electron chi connectivity index (χ2n) is 6.92. The number of rotatable bonds is 7. The molecule has 32 heavy (non-hydrogen) atoms. The van der Waals surface area contributed by atoms with Crippen molar-refractivity contribution in [3.63, 3.8) is 0 Å². The van der Waals surface area contributed by atoms with E-state index in [1.807, 2.05) is 0 Å². The van der Waals surface area contributed by atoms with Gasteiger partial charge >= 0.3 is 0 Å². The van der Waals surface area contributed by atoms with Gasteiger partial charge in [0.2, 0.25) is 0 Å². The van der Waals surface area contributed by atoms with Crippen molar-refractivity contribution in [1.82, 2.24) is 15.3 Å². The number of hydrogen-bond acceptors (Lipinski definition) is 5. The first kappa shape index (κ1) is 21.3. The summed E-state index contributed by atoms with van der Waals surface area (Å²) in [7, 11) is -2.59. The molecule has 2 aromatic heterocycles. The second-order valence-corrected chi connectivity index (χ2v) is 8.61. The Morgan fingerprint density at radius 2 is 1.91 bits per heavy atom. The highest BCUT2D eigenvalue weighted by atomic mass is 32.2. The number of benzene rings is 2. The standard InChI is InChI=1S/C22H19FN4O4S/c1-31-21-11-16(23)4-7-19(21)27-32(29,30)17-5-2-14(3-6-17)12-25-22(28)20-10-15-13-24-9-8-18(15)26-20/h2-11,13,26-27H,12H2,1H3,(H,25,28). The molecule has 0 atom stereocenters. The van der Waals surface area contributed by atoms with Crippen molar-refractivity contribution in [1.29, 1.82) is 0 Å². The summed E-state index contributed by atoms with van der Waals surface area (Å²) in [6.45, 7) is 0.214. The zero-order chi connectivity index (χ0) is 22.7. The number of pyridine rings is 1. The van der Waals surface area contributed by atoms with E-state index >= 15 is 0 Å². The average molecular weight is 454 g/mol. The number of amides is 1. The Bertz CT molecular complexity index is 1350. The number of carbonyl (C=O) groups excluding carboxylic acids is 1. The summed E-state index contributed by atoms with van der Waals surface area (Å²) in [6.07, 6.45) is 3.30. The van der Waals surface area contributed by atoms with Crippen molar-refractivity contribution < 1.29 is 22.3 Å². The van der Waals surface area contributed by atoms with Gasteiger partial charge in [-0.1, -0.05) is 12.1 Å². The maximum atomic E-state index is 13.3. The smallest absolute Gasteiger partial charge is 0.267 e. The molecular formula is C22H19FN4O4S. The topological polar surface area (TPSA) is 113 Å². The minimum atomic E-state index is -3.92. The molecule has 0 saturated carbocycles. The monoisotopic (exact) mass is 454 g/mol. The molecule has 164 valence electrons. The van der Waals surface area contributed by atoms with E-state index in [0.717, 1.165) is 28.6 Å². The highest BCUT2D eigenvalue weighted by Gasteiger charge is 2.17. The highest BCUT2D eigenvalue weighted by Crippen LogP contribution is 2.27. The van der Waals surface area contributed by atoms with Crippen LogP contribution in [0, 0.1) is 5.82 Å². The van der Waals surface area contributed by atoms with Crippen molar-refractivity contribution in [2.24, 2.45) is 0 Å².